The Labute approximate surface area is 158 Å². The lowest BCUT2D eigenvalue weighted by Gasteiger charge is -2.13. The SMILES string of the molecule is COc1ccc2nc(Nc3ccc(OC(F)F)c(OC)c3)c3[nH]ncc3c2c1. The fourth-order valence-electron chi connectivity index (χ4n) is 2.97. The van der Waals surface area contributed by atoms with Crippen molar-refractivity contribution in [3.8, 4) is 17.2 Å². The number of aromatic nitrogens is 3. The molecule has 0 amide bonds. The molecule has 0 fully saturated rings. The van der Waals surface area contributed by atoms with Crippen molar-refractivity contribution in [1.82, 2.24) is 15.2 Å². The topological polar surface area (TPSA) is 81.3 Å². The zero-order chi connectivity index (χ0) is 19.7. The van der Waals surface area contributed by atoms with Crippen LogP contribution in [0.15, 0.2) is 42.6 Å². The minimum Gasteiger partial charge on any atom is -0.497 e. The van der Waals surface area contributed by atoms with E-state index in [1.807, 2.05) is 18.2 Å². The van der Waals surface area contributed by atoms with Crippen LogP contribution >= 0.6 is 0 Å². The van der Waals surface area contributed by atoms with E-state index in [1.54, 1.807) is 25.4 Å². The van der Waals surface area contributed by atoms with Gasteiger partial charge >= 0.3 is 6.61 Å². The Morgan fingerprint density at radius 1 is 1.00 bits per heavy atom. The molecule has 0 aliphatic heterocycles. The third-order valence-electron chi connectivity index (χ3n) is 4.24. The number of pyridine rings is 1. The second-order valence-corrected chi connectivity index (χ2v) is 5.87. The van der Waals surface area contributed by atoms with Gasteiger partial charge in [-0.15, -0.1) is 0 Å². The first-order chi connectivity index (χ1) is 13.6. The van der Waals surface area contributed by atoms with E-state index in [2.05, 4.69) is 25.2 Å². The van der Waals surface area contributed by atoms with Gasteiger partial charge in [-0.3, -0.25) is 5.10 Å². The maximum absolute atomic E-state index is 12.5. The first-order valence-electron chi connectivity index (χ1n) is 8.29. The summed E-state index contributed by atoms with van der Waals surface area (Å²) in [6.07, 6.45) is 1.71. The molecule has 4 rings (SSSR count). The van der Waals surface area contributed by atoms with Gasteiger partial charge in [0.2, 0.25) is 0 Å². The Bertz CT molecular complexity index is 1150. The van der Waals surface area contributed by atoms with Crippen LogP contribution in [0.2, 0.25) is 0 Å². The van der Waals surface area contributed by atoms with Crippen LogP contribution in [0.5, 0.6) is 17.2 Å². The molecule has 4 aromatic rings. The smallest absolute Gasteiger partial charge is 0.387 e. The summed E-state index contributed by atoms with van der Waals surface area (Å²) < 4.78 is 39.9. The fraction of sp³-hybridized carbons (Fsp3) is 0.158. The number of hydrogen-bond acceptors (Lipinski definition) is 6. The standard InChI is InChI=1S/C19H16F2N4O3/c1-26-11-4-5-14-12(8-11)13-9-22-25-17(13)18(24-14)23-10-3-6-15(28-19(20)21)16(7-10)27-2/h3-9,19H,1-2H3,(H,22,25)(H,23,24). The molecule has 0 aliphatic rings. The van der Waals surface area contributed by atoms with Gasteiger partial charge < -0.3 is 19.5 Å². The molecule has 0 radical (unpaired) electrons. The molecule has 0 saturated heterocycles. The molecular formula is C19H16F2N4O3. The van der Waals surface area contributed by atoms with E-state index in [0.717, 1.165) is 22.0 Å². The first kappa shape index (κ1) is 17.8. The van der Waals surface area contributed by atoms with Crippen LogP contribution in [0, 0.1) is 0 Å². The van der Waals surface area contributed by atoms with Crippen molar-refractivity contribution in [2.45, 2.75) is 6.61 Å². The van der Waals surface area contributed by atoms with E-state index in [9.17, 15) is 8.78 Å². The minimum atomic E-state index is -2.93. The zero-order valence-electron chi connectivity index (χ0n) is 15.0. The van der Waals surface area contributed by atoms with Gasteiger partial charge in [-0.25, -0.2) is 4.98 Å². The number of nitrogens with one attached hydrogen (secondary N) is 2. The highest BCUT2D eigenvalue weighted by Gasteiger charge is 2.14. The number of alkyl halides is 2. The number of fused-ring (bicyclic) bond motifs is 3. The summed E-state index contributed by atoms with van der Waals surface area (Å²) in [5.74, 6) is 1.39. The number of anilines is 2. The number of methoxy groups -OCH3 is 2. The molecule has 9 heteroatoms. The number of hydrogen-bond donors (Lipinski definition) is 2. The van der Waals surface area contributed by atoms with Gasteiger partial charge in [-0.2, -0.15) is 13.9 Å². The lowest BCUT2D eigenvalue weighted by Crippen LogP contribution is -2.04. The molecule has 7 nitrogen and oxygen atoms in total. The lowest BCUT2D eigenvalue weighted by atomic mass is 10.1. The highest BCUT2D eigenvalue weighted by atomic mass is 19.3. The van der Waals surface area contributed by atoms with E-state index in [1.165, 1.54) is 13.2 Å². The van der Waals surface area contributed by atoms with Gasteiger partial charge in [-0.05, 0) is 30.3 Å². The van der Waals surface area contributed by atoms with E-state index in [4.69, 9.17) is 9.47 Å². The molecule has 28 heavy (non-hydrogen) atoms. The van der Waals surface area contributed by atoms with Crippen molar-refractivity contribution < 1.29 is 23.0 Å². The highest BCUT2D eigenvalue weighted by molar-refractivity contribution is 6.09. The van der Waals surface area contributed by atoms with Crippen LogP contribution in [0.1, 0.15) is 0 Å². The van der Waals surface area contributed by atoms with E-state index in [0.29, 0.717) is 17.0 Å². The quantitative estimate of drug-likeness (QED) is 0.509. The second-order valence-electron chi connectivity index (χ2n) is 5.87. The number of rotatable bonds is 6. The van der Waals surface area contributed by atoms with Crippen LogP contribution < -0.4 is 19.5 Å². The van der Waals surface area contributed by atoms with E-state index >= 15 is 0 Å². The molecule has 144 valence electrons. The molecule has 2 N–H and O–H groups in total. The third-order valence-corrected chi connectivity index (χ3v) is 4.24. The number of nitrogens with zero attached hydrogens (tertiary/aromatic N) is 2. The van der Waals surface area contributed by atoms with Gasteiger partial charge in [0.1, 0.15) is 11.3 Å². The van der Waals surface area contributed by atoms with E-state index < -0.39 is 6.61 Å². The van der Waals surface area contributed by atoms with Gasteiger partial charge in [-0.1, -0.05) is 0 Å². The number of halogens is 2. The molecule has 0 unspecified atom stereocenters. The minimum absolute atomic E-state index is 0.0479. The summed E-state index contributed by atoms with van der Waals surface area (Å²) in [5.41, 5.74) is 2.05. The van der Waals surface area contributed by atoms with Gasteiger partial charge in [0.05, 0.1) is 25.9 Å². The molecule has 0 spiro atoms. The summed E-state index contributed by atoms with van der Waals surface area (Å²) in [7, 11) is 2.98. The van der Waals surface area contributed by atoms with Crippen molar-refractivity contribution >= 4 is 33.3 Å². The highest BCUT2D eigenvalue weighted by Crippen LogP contribution is 2.35. The normalized spacial score (nSPS) is 11.2. The molecule has 2 aromatic carbocycles. The summed E-state index contributed by atoms with van der Waals surface area (Å²) in [6.45, 7) is -2.93. The predicted octanol–water partition coefficient (Wildman–Crippen LogP) is 4.47. The zero-order valence-corrected chi connectivity index (χ0v) is 15.0. The van der Waals surface area contributed by atoms with Crippen molar-refractivity contribution in [1.29, 1.82) is 0 Å². The second kappa shape index (κ2) is 7.18. The van der Waals surface area contributed by atoms with Crippen molar-refractivity contribution in [2.24, 2.45) is 0 Å². The monoisotopic (exact) mass is 386 g/mol. The molecule has 2 heterocycles. The van der Waals surface area contributed by atoms with Crippen LogP contribution in [0.25, 0.3) is 21.8 Å². The summed E-state index contributed by atoms with van der Waals surface area (Å²) >= 11 is 0. The van der Waals surface area contributed by atoms with Crippen LogP contribution in [0.3, 0.4) is 0 Å². The van der Waals surface area contributed by atoms with E-state index in [-0.39, 0.29) is 11.5 Å². The van der Waals surface area contributed by atoms with Crippen molar-refractivity contribution in [3.63, 3.8) is 0 Å². The third kappa shape index (κ3) is 3.22. The average molecular weight is 386 g/mol. The summed E-state index contributed by atoms with van der Waals surface area (Å²) in [6, 6.07) is 10.1. The van der Waals surface area contributed by atoms with Crippen LogP contribution in [-0.2, 0) is 0 Å². The Morgan fingerprint density at radius 3 is 2.61 bits per heavy atom. The summed E-state index contributed by atoms with van der Waals surface area (Å²) in [5, 5.41) is 12.0. The molecule has 0 atom stereocenters. The van der Waals surface area contributed by atoms with Crippen LogP contribution in [-0.4, -0.2) is 36.0 Å². The Morgan fingerprint density at radius 2 is 1.86 bits per heavy atom. The van der Waals surface area contributed by atoms with Crippen LogP contribution in [0.4, 0.5) is 20.3 Å². The Hall–Kier alpha value is -3.62. The molecule has 0 bridgehead atoms. The number of ether oxygens (including phenoxy) is 3. The number of aromatic amines is 1. The first-order valence-corrected chi connectivity index (χ1v) is 8.29. The average Bonchev–Trinajstić information content (AvgIpc) is 3.19. The van der Waals surface area contributed by atoms with Gasteiger partial charge in [0.15, 0.2) is 17.3 Å². The fourth-order valence-corrected chi connectivity index (χ4v) is 2.97. The largest absolute Gasteiger partial charge is 0.497 e. The van der Waals surface area contributed by atoms with Crippen molar-refractivity contribution in [2.75, 3.05) is 19.5 Å². The maximum Gasteiger partial charge on any atom is 0.387 e. The molecule has 2 aromatic heterocycles. The number of benzene rings is 2. The van der Waals surface area contributed by atoms with Crippen molar-refractivity contribution in [3.05, 3.63) is 42.6 Å². The lowest BCUT2D eigenvalue weighted by molar-refractivity contribution is -0.0512. The summed E-state index contributed by atoms with van der Waals surface area (Å²) in [4.78, 5) is 4.64. The molecular weight excluding hydrogens is 370 g/mol. The molecule has 0 aliphatic carbocycles. The Balaban J connectivity index is 1.76. The van der Waals surface area contributed by atoms with Gasteiger partial charge in [0.25, 0.3) is 0 Å². The maximum atomic E-state index is 12.5. The predicted molar refractivity (Wildman–Crippen MR) is 101 cm³/mol. The number of H-pyrrole nitrogens is 1. The molecule has 0 saturated carbocycles. The van der Waals surface area contributed by atoms with Gasteiger partial charge in [0, 0.05) is 22.5 Å². The Kier molecular flexibility index (Phi) is 4.56.